The van der Waals surface area contributed by atoms with E-state index in [1.807, 2.05) is 18.2 Å². The number of rotatable bonds is 3. The van der Waals surface area contributed by atoms with Crippen LogP contribution in [-0.4, -0.2) is 38.9 Å². The zero-order chi connectivity index (χ0) is 15.5. The van der Waals surface area contributed by atoms with E-state index in [0.29, 0.717) is 35.3 Å². The summed E-state index contributed by atoms with van der Waals surface area (Å²) in [6, 6.07) is 7.14. The minimum atomic E-state index is -0.893. The lowest BCUT2D eigenvalue weighted by Crippen LogP contribution is -2.44. The molecule has 0 aliphatic carbocycles. The van der Waals surface area contributed by atoms with Crippen LogP contribution in [0.3, 0.4) is 0 Å². The highest BCUT2D eigenvalue weighted by atomic mass is 35.5. The molecule has 7 heteroatoms. The second-order valence-corrected chi connectivity index (χ2v) is 5.72. The van der Waals surface area contributed by atoms with Gasteiger partial charge in [0.15, 0.2) is 0 Å². The first-order chi connectivity index (χ1) is 10.6. The van der Waals surface area contributed by atoms with Crippen LogP contribution < -0.4 is 0 Å². The summed E-state index contributed by atoms with van der Waals surface area (Å²) in [5.41, 5.74) is 0.682. The number of halogens is 1. The molecule has 1 aliphatic rings. The van der Waals surface area contributed by atoms with Crippen molar-refractivity contribution in [2.75, 3.05) is 6.54 Å². The van der Waals surface area contributed by atoms with Crippen LogP contribution in [0.2, 0.25) is 5.02 Å². The number of benzene rings is 1. The van der Waals surface area contributed by atoms with Crippen LogP contribution >= 0.6 is 11.6 Å². The molecule has 22 heavy (non-hydrogen) atoms. The fourth-order valence-corrected chi connectivity index (χ4v) is 2.96. The highest BCUT2D eigenvalue weighted by Gasteiger charge is 2.28. The topological polar surface area (TPSA) is 79.5 Å². The molecule has 0 spiro atoms. The van der Waals surface area contributed by atoms with Crippen molar-refractivity contribution in [1.29, 1.82) is 0 Å². The molecule has 3 rings (SSSR count). The first-order valence-corrected chi connectivity index (χ1v) is 7.60. The van der Waals surface area contributed by atoms with Gasteiger partial charge in [0.1, 0.15) is 0 Å². The lowest BCUT2D eigenvalue weighted by molar-refractivity contribution is 0.104. The van der Waals surface area contributed by atoms with Gasteiger partial charge >= 0.3 is 6.09 Å². The predicted octanol–water partition coefficient (Wildman–Crippen LogP) is 3.47. The van der Waals surface area contributed by atoms with Gasteiger partial charge in [-0.1, -0.05) is 23.7 Å². The summed E-state index contributed by atoms with van der Waals surface area (Å²) in [6.07, 6.45) is 2.27. The Morgan fingerprint density at radius 2 is 2.18 bits per heavy atom. The Morgan fingerprint density at radius 3 is 2.95 bits per heavy atom. The second-order valence-electron chi connectivity index (χ2n) is 5.31. The van der Waals surface area contributed by atoms with Gasteiger partial charge < -0.3 is 14.4 Å². The molecule has 1 aromatic heterocycles. The van der Waals surface area contributed by atoms with E-state index in [4.69, 9.17) is 16.0 Å². The highest BCUT2D eigenvalue weighted by Crippen LogP contribution is 2.27. The first-order valence-electron chi connectivity index (χ1n) is 7.22. The first kappa shape index (κ1) is 14.8. The van der Waals surface area contributed by atoms with Crippen molar-refractivity contribution in [1.82, 2.24) is 15.1 Å². The van der Waals surface area contributed by atoms with Crippen molar-refractivity contribution in [2.45, 2.75) is 31.7 Å². The van der Waals surface area contributed by atoms with Gasteiger partial charge in [-0.3, -0.25) is 0 Å². The predicted molar refractivity (Wildman–Crippen MR) is 80.8 cm³/mol. The maximum absolute atomic E-state index is 11.3. The standard InChI is InChI=1S/C15H16ClN3O3/c16-12-7-2-1-6-11(12)14-18-17-13(22-14)9-10-5-3-4-8-19(10)15(20)21/h1-2,6-7,10H,3-5,8-9H2,(H,20,21). The molecular formula is C15H16ClN3O3. The van der Waals surface area contributed by atoms with Crippen molar-refractivity contribution < 1.29 is 14.3 Å². The van der Waals surface area contributed by atoms with E-state index < -0.39 is 6.09 Å². The van der Waals surface area contributed by atoms with Gasteiger partial charge in [0.25, 0.3) is 0 Å². The summed E-state index contributed by atoms with van der Waals surface area (Å²) < 4.78 is 5.66. The van der Waals surface area contributed by atoms with Crippen LogP contribution in [0.5, 0.6) is 0 Å². The Labute approximate surface area is 132 Å². The zero-order valence-corrected chi connectivity index (χ0v) is 12.7. The van der Waals surface area contributed by atoms with Gasteiger partial charge in [0.2, 0.25) is 11.8 Å². The number of carboxylic acid groups (broad SMARTS) is 1. The molecule has 2 aromatic rings. The third-order valence-electron chi connectivity index (χ3n) is 3.85. The van der Waals surface area contributed by atoms with Gasteiger partial charge in [-0.05, 0) is 31.4 Å². The van der Waals surface area contributed by atoms with E-state index in [1.54, 1.807) is 6.07 Å². The van der Waals surface area contributed by atoms with Crippen molar-refractivity contribution in [2.24, 2.45) is 0 Å². The Balaban J connectivity index is 1.77. The number of likely N-dealkylation sites (tertiary alicyclic amines) is 1. The molecule has 1 aromatic carbocycles. The Morgan fingerprint density at radius 1 is 1.36 bits per heavy atom. The average molecular weight is 322 g/mol. The van der Waals surface area contributed by atoms with Gasteiger partial charge in [-0.15, -0.1) is 10.2 Å². The minimum Gasteiger partial charge on any atom is -0.465 e. The summed E-state index contributed by atoms with van der Waals surface area (Å²) in [5.74, 6) is 0.798. The molecule has 1 saturated heterocycles. The van der Waals surface area contributed by atoms with E-state index in [2.05, 4.69) is 10.2 Å². The summed E-state index contributed by atoms with van der Waals surface area (Å²) >= 11 is 6.11. The number of hydrogen-bond acceptors (Lipinski definition) is 4. The van der Waals surface area contributed by atoms with E-state index in [1.165, 1.54) is 4.90 Å². The smallest absolute Gasteiger partial charge is 0.407 e. The molecule has 1 unspecified atom stereocenters. The summed E-state index contributed by atoms with van der Waals surface area (Å²) in [6.45, 7) is 0.561. The molecule has 0 radical (unpaired) electrons. The van der Waals surface area contributed by atoms with Crippen LogP contribution in [-0.2, 0) is 6.42 Å². The van der Waals surface area contributed by atoms with Gasteiger partial charge in [0.05, 0.1) is 10.6 Å². The van der Waals surface area contributed by atoms with Crippen molar-refractivity contribution in [3.05, 3.63) is 35.2 Å². The summed E-state index contributed by atoms with van der Waals surface area (Å²) in [4.78, 5) is 12.7. The number of nitrogens with zero attached hydrogens (tertiary/aromatic N) is 3. The monoisotopic (exact) mass is 321 g/mol. The molecule has 0 saturated carbocycles. The quantitative estimate of drug-likeness (QED) is 0.936. The molecule has 1 fully saturated rings. The molecule has 6 nitrogen and oxygen atoms in total. The highest BCUT2D eigenvalue weighted by molar-refractivity contribution is 6.33. The molecule has 2 heterocycles. The largest absolute Gasteiger partial charge is 0.465 e. The number of hydrogen-bond donors (Lipinski definition) is 1. The number of piperidine rings is 1. The summed E-state index contributed by atoms with van der Waals surface area (Å²) in [7, 11) is 0. The van der Waals surface area contributed by atoms with Crippen LogP contribution in [0.15, 0.2) is 28.7 Å². The van der Waals surface area contributed by atoms with Gasteiger partial charge in [0, 0.05) is 19.0 Å². The number of amides is 1. The van der Waals surface area contributed by atoms with E-state index >= 15 is 0 Å². The molecule has 1 amide bonds. The van der Waals surface area contributed by atoms with Crippen LogP contribution in [0.25, 0.3) is 11.5 Å². The summed E-state index contributed by atoms with van der Waals surface area (Å²) in [5, 5.41) is 17.8. The number of aromatic nitrogens is 2. The lowest BCUT2D eigenvalue weighted by Gasteiger charge is -2.32. The maximum Gasteiger partial charge on any atom is 0.407 e. The minimum absolute atomic E-state index is 0.106. The van der Waals surface area contributed by atoms with Crippen LogP contribution in [0, 0.1) is 0 Å². The lowest BCUT2D eigenvalue weighted by atomic mass is 10.00. The van der Waals surface area contributed by atoms with Crippen molar-refractivity contribution >= 4 is 17.7 Å². The Kier molecular flexibility index (Phi) is 4.29. The molecule has 1 atom stereocenters. The van der Waals surface area contributed by atoms with Crippen LogP contribution in [0.4, 0.5) is 4.79 Å². The SMILES string of the molecule is O=C(O)N1CCCCC1Cc1nnc(-c2ccccc2Cl)o1. The third kappa shape index (κ3) is 3.06. The molecule has 0 bridgehead atoms. The Bertz CT molecular complexity index is 674. The fraction of sp³-hybridized carbons (Fsp3) is 0.400. The van der Waals surface area contributed by atoms with E-state index in [9.17, 15) is 9.90 Å². The molecule has 1 N–H and O–H groups in total. The zero-order valence-electron chi connectivity index (χ0n) is 11.9. The van der Waals surface area contributed by atoms with Crippen LogP contribution in [0.1, 0.15) is 25.2 Å². The fourth-order valence-electron chi connectivity index (χ4n) is 2.75. The van der Waals surface area contributed by atoms with E-state index in [0.717, 1.165) is 19.3 Å². The van der Waals surface area contributed by atoms with Crippen molar-refractivity contribution in [3.8, 4) is 11.5 Å². The van der Waals surface area contributed by atoms with Gasteiger partial charge in [-0.25, -0.2) is 4.79 Å². The van der Waals surface area contributed by atoms with Crippen molar-refractivity contribution in [3.63, 3.8) is 0 Å². The molecule has 1 aliphatic heterocycles. The van der Waals surface area contributed by atoms with E-state index in [-0.39, 0.29) is 6.04 Å². The average Bonchev–Trinajstić information content (AvgIpc) is 2.96. The number of carbonyl (C=O) groups is 1. The molecule has 116 valence electrons. The normalized spacial score (nSPS) is 18.4. The molecular weight excluding hydrogens is 306 g/mol. The third-order valence-corrected chi connectivity index (χ3v) is 4.18. The maximum atomic E-state index is 11.3. The Hall–Kier alpha value is -2.08. The second kappa shape index (κ2) is 6.36. The van der Waals surface area contributed by atoms with Gasteiger partial charge in [-0.2, -0.15) is 0 Å².